The van der Waals surface area contributed by atoms with Gasteiger partial charge in [-0.2, -0.15) is 0 Å². The van der Waals surface area contributed by atoms with Gasteiger partial charge in [-0.3, -0.25) is 14.8 Å². The fourth-order valence-corrected chi connectivity index (χ4v) is 4.30. The van der Waals surface area contributed by atoms with E-state index >= 15 is 0 Å². The molecular formula is C26H28N4O3. The Kier molecular flexibility index (Phi) is 7.32. The first-order chi connectivity index (χ1) is 16.1. The van der Waals surface area contributed by atoms with Crippen LogP contribution in [0.4, 0.5) is 5.82 Å². The Balaban J connectivity index is 1.33. The van der Waals surface area contributed by atoms with Gasteiger partial charge in [-0.1, -0.05) is 60.7 Å². The number of hydroxylamine groups is 1. The number of nitrogens with zero attached hydrogens (tertiary/aromatic N) is 2. The molecule has 7 nitrogen and oxygen atoms in total. The van der Waals surface area contributed by atoms with Gasteiger partial charge in [0.05, 0.1) is 5.56 Å². The highest BCUT2D eigenvalue weighted by atomic mass is 16.5. The minimum absolute atomic E-state index is 0.0197. The van der Waals surface area contributed by atoms with Crippen LogP contribution in [-0.4, -0.2) is 41.1 Å². The topological polar surface area (TPSA) is 94.6 Å². The van der Waals surface area contributed by atoms with Gasteiger partial charge in [0.15, 0.2) is 0 Å². The number of aromatic nitrogens is 1. The molecule has 2 aromatic carbocycles. The number of anilines is 1. The van der Waals surface area contributed by atoms with Crippen LogP contribution in [0.25, 0.3) is 0 Å². The van der Waals surface area contributed by atoms with E-state index in [4.69, 9.17) is 5.21 Å². The number of carbonyl (C=O) groups is 2. The third-order valence-electron chi connectivity index (χ3n) is 6.09. The molecule has 3 N–H and O–H groups in total. The van der Waals surface area contributed by atoms with Gasteiger partial charge in [-0.15, -0.1) is 0 Å². The van der Waals surface area contributed by atoms with E-state index < -0.39 is 5.91 Å². The lowest BCUT2D eigenvalue weighted by Gasteiger charge is -2.33. The van der Waals surface area contributed by atoms with E-state index in [1.165, 1.54) is 6.20 Å². The van der Waals surface area contributed by atoms with Gasteiger partial charge in [-0.25, -0.2) is 10.5 Å². The average Bonchev–Trinajstić information content (AvgIpc) is 2.88. The maximum Gasteiger partial charge on any atom is 0.276 e. The first kappa shape index (κ1) is 22.5. The Morgan fingerprint density at radius 1 is 0.939 bits per heavy atom. The fraction of sp³-hybridized carbons (Fsp3) is 0.269. The van der Waals surface area contributed by atoms with Gasteiger partial charge in [0.2, 0.25) is 5.91 Å². The number of hydrogen-bond acceptors (Lipinski definition) is 5. The quantitative estimate of drug-likeness (QED) is 0.383. The summed E-state index contributed by atoms with van der Waals surface area (Å²) < 4.78 is 0. The van der Waals surface area contributed by atoms with Crippen molar-refractivity contribution in [1.29, 1.82) is 0 Å². The third kappa shape index (κ3) is 5.75. The highest BCUT2D eigenvalue weighted by molar-refractivity contribution is 5.93. The van der Waals surface area contributed by atoms with Crippen molar-refractivity contribution in [3.63, 3.8) is 0 Å². The van der Waals surface area contributed by atoms with Crippen molar-refractivity contribution in [2.75, 3.05) is 18.0 Å². The molecule has 0 radical (unpaired) electrons. The van der Waals surface area contributed by atoms with Crippen molar-refractivity contribution in [3.8, 4) is 0 Å². The van der Waals surface area contributed by atoms with Crippen molar-refractivity contribution in [2.45, 2.75) is 31.2 Å². The summed E-state index contributed by atoms with van der Waals surface area (Å²) in [4.78, 5) is 30.9. The van der Waals surface area contributed by atoms with Crippen LogP contribution in [0.3, 0.4) is 0 Å². The second kappa shape index (κ2) is 10.7. The molecule has 33 heavy (non-hydrogen) atoms. The summed E-state index contributed by atoms with van der Waals surface area (Å²) in [6.07, 6.45) is 3.51. The van der Waals surface area contributed by atoms with Crippen molar-refractivity contribution >= 4 is 17.6 Å². The molecule has 1 aromatic heterocycles. The maximum absolute atomic E-state index is 13.0. The van der Waals surface area contributed by atoms with Crippen LogP contribution < -0.4 is 15.7 Å². The van der Waals surface area contributed by atoms with E-state index in [1.807, 2.05) is 36.4 Å². The lowest BCUT2D eigenvalue weighted by atomic mass is 9.88. The van der Waals surface area contributed by atoms with Crippen LogP contribution in [-0.2, 0) is 4.79 Å². The molecular weight excluding hydrogens is 416 g/mol. The predicted octanol–water partition coefficient (Wildman–Crippen LogP) is 3.51. The molecule has 0 atom stereocenters. The minimum Gasteiger partial charge on any atom is -0.356 e. The molecule has 1 aliphatic rings. The SMILES string of the molecule is O=C(CC(c1ccccc1)c1ccccc1)NC1CCN(c2ccc(C(=O)NO)cn2)CC1. The predicted molar refractivity (Wildman–Crippen MR) is 126 cm³/mol. The fourth-order valence-electron chi connectivity index (χ4n) is 4.30. The molecule has 1 aliphatic heterocycles. The number of benzene rings is 2. The summed E-state index contributed by atoms with van der Waals surface area (Å²) >= 11 is 0. The molecule has 0 bridgehead atoms. The standard InChI is InChI=1S/C26H28N4O3/c31-25(17-23(19-7-3-1-4-8-19)20-9-5-2-6-10-20)28-22-13-15-30(16-14-22)24-12-11-21(18-27-24)26(32)29-33/h1-12,18,22-23,33H,13-17H2,(H,28,31)(H,29,32). The number of hydrogen-bond donors (Lipinski definition) is 3. The minimum atomic E-state index is -0.584. The van der Waals surface area contributed by atoms with E-state index in [2.05, 4.69) is 39.5 Å². The first-order valence-electron chi connectivity index (χ1n) is 11.2. The Morgan fingerprint density at radius 3 is 2.06 bits per heavy atom. The molecule has 0 spiro atoms. The Labute approximate surface area is 193 Å². The molecule has 7 heteroatoms. The smallest absolute Gasteiger partial charge is 0.276 e. The number of piperidine rings is 1. The monoisotopic (exact) mass is 444 g/mol. The van der Waals surface area contributed by atoms with Crippen molar-refractivity contribution in [3.05, 3.63) is 95.7 Å². The number of rotatable bonds is 7. The summed E-state index contributed by atoms with van der Waals surface area (Å²) in [6, 6.07) is 23.8. The lowest BCUT2D eigenvalue weighted by Crippen LogP contribution is -2.45. The average molecular weight is 445 g/mol. The summed E-state index contributed by atoms with van der Waals surface area (Å²) in [5.41, 5.74) is 4.18. The van der Waals surface area contributed by atoms with Crippen molar-refractivity contribution in [1.82, 2.24) is 15.8 Å². The van der Waals surface area contributed by atoms with E-state index in [9.17, 15) is 9.59 Å². The van der Waals surface area contributed by atoms with Crippen LogP contribution in [0.15, 0.2) is 79.0 Å². The molecule has 170 valence electrons. The Morgan fingerprint density at radius 2 is 1.55 bits per heavy atom. The zero-order valence-electron chi connectivity index (χ0n) is 18.4. The second-order valence-corrected chi connectivity index (χ2v) is 8.25. The van der Waals surface area contributed by atoms with Gasteiger partial charge in [0, 0.05) is 37.7 Å². The van der Waals surface area contributed by atoms with Gasteiger partial charge in [-0.05, 0) is 36.1 Å². The van der Waals surface area contributed by atoms with Crippen LogP contribution in [0.1, 0.15) is 46.7 Å². The largest absolute Gasteiger partial charge is 0.356 e. The van der Waals surface area contributed by atoms with Crippen LogP contribution >= 0.6 is 0 Å². The van der Waals surface area contributed by atoms with Crippen molar-refractivity contribution in [2.24, 2.45) is 0 Å². The highest BCUT2D eigenvalue weighted by Crippen LogP contribution is 2.28. The van der Waals surface area contributed by atoms with E-state index in [0.717, 1.165) is 42.9 Å². The second-order valence-electron chi connectivity index (χ2n) is 8.25. The third-order valence-corrected chi connectivity index (χ3v) is 6.09. The molecule has 3 aromatic rings. The van der Waals surface area contributed by atoms with Crippen LogP contribution in [0, 0.1) is 0 Å². The first-order valence-corrected chi connectivity index (χ1v) is 11.2. The van der Waals surface area contributed by atoms with E-state index in [-0.39, 0.29) is 17.9 Å². The summed E-state index contributed by atoms with van der Waals surface area (Å²) in [5, 5.41) is 11.9. The molecule has 0 aliphatic carbocycles. The number of nitrogens with one attached hydrogen (secondary N) is 2. The summed E-state index contributed by atoms with van der Waals surface area (Å²) in [6.45, 7) is 1.54. The van der Waals surface area contributed by atoms with E-state index in [1.54, 1.807) is 17.6 Å². The van der Waals surface area contributed by atoms with Crippen molar-refractivity contribution < 1.29 is 14.8 Å². The van der Waals surface area contributed by atoms with Gasteiger partial charge < -0.3 is 10.2 Å². The van der Waals surface area contributed by atoms with Gasteiger partial charge in [0.25, 0.3) is 5.91 Å². The number of carbonyl (C=O) groups excluding carboxylic acids is 2. The lowest BCUT2D eigenvalue weighted by molar-refractivity contribution is -0.122. The molecule has 0 unspecified atom stereocenters. The normalized spacial score (nSPS) is 14.2. The summed E-state index contributed by atoms with van der Waals surface area (Å²) in [7, 11) is 0. The Bertz CT molecular complexity index is 1010. The molecule has 4 rings (SSSR count). The Hall–Kier alpha value is -3.71. The molecule has 1 saturated heterocycles. The molecule has 0 saturated carbocycles. The molecule has 2 amide bonds. The van der Waals surface area contributed by atoms with Gasteiger partial charge >= 0.3 is 0 Å². The molecule has 1 fully saturated rings. The van der Waals surface area contributed by atoms with Crippen LogP contribution in [0.2, 0.25) is 0 Å². The van der Waals surface area contributed by atoms with Gasteiger partial charge in [0.1, 0.15) is 5.82 Å². The zero-order valence-corrected chi connectivity index (χ0v) is 18.4. The summed E-state index contributed by atoms with van der Waals surface area (Å²) in [5.74, 6) is 0.275. The molecule has 2 heterocycles. The zero-order chi connectivity index (χ0) is 23.0. The maximum atomic E-state index is 13.0. The number of pyridine rings is 1. The van der Waals surface area contributed by atoms with E-state index in [0.29, 0.717) is 12.0 Å². The number of amides is 2. The highest BCUT2D eigenvalue weighted by Gasteiger charge is 2.24. The van der Waals surface area contributed by atoms with Crippen LogP contribution in [0.5, 0.6) is 0 Å².